The molecule has 1 aliphatic rings. The summed E-state index contributed by atoms with van der Waals surface area (Å²) in [7, 11) is 0.185. The van der Waals surface area contributed by atoms with E-state index in [-0.39, 0.29) is 6.04 Å². The maximum absolute atomic E-state index is 12.4. The maximum atomic E-state index is 12.4. The second kappa shape index (κ2) is 6.02. The lowest BCUT2D eigenvalue weighted by atomic mass is 9.94. The van der Waals surface area contributed by atoms with Crippen LogP contribution in [0.5, 0.6) is 0 Å². The molecule has 0 aliphatic heterocycles. The van der Waals surface area contributed by atoms with Crippen molar-refractivity contribution in [3.05, 3.63) is 12.4 Å². The summed E-state index contributed by atoms with van der Waals surface area (Å²) in [5.74, 6) is 0. The lowest BCUT2D eigenvalue weighted by Gasteiger charge is -2.33. The molecule has 0 bridgehead atoms. The second-order valence-electron chi connectivity index (χ2n) is 5.00. The number of nitrogens with zero attached hydrogens (tertiary/aromatic N) is 3. The minimum Gasteiger partial charge on any atom is -0.320 e. The van der Waals surface area contributed by atoms with Crippen LogP contribution in [-0.4, -0.2) is 49.2 Å². The third kappa shape index (κ3) is 3.16. The van der Waals surface area contributed by atoms with E-state index in [2.05, 4.69) is 10.4 Å². The van der Waals surface area contributed by atoms with Gasteiger partial charge >= 0.3 is 0 Å². The van der Waals surface area contributed by atoms with Gasteiger partial charge in [-0.15, -0.1) is 0 Å². The highest BCUT2D eigenvalue weighted by atomic mass is 32.2. The molecular weight excluding hydrogens is 264 g/mol. The summed E-state index contributed by atoms with van der Waals surface area (Å²) in [5, 5.41) is 7.18. The van der Waals surface area contributed by atoms with Crippen LogP contribution in [0.15, 0.2) is 17.3 Å². The number of nitrogens with one attached hydrogen (secondary N) is 1. The van der Waals surface area contributed by atoms with Gasteiger partial charge in [0, 0.05) is 25.8 Å². The predicted octanol–water partition coefficient (Wildman–Crippen LogP) is 0.666. The SMILES string of the molecule is CNCCCn1cc(S(=O)(=O)N(C)C2CCC2)cn1. The molecule has 1 fully saturated rings. The Bertz CT molecular complexity index is 508. The van der Waals surface area contributed by atoms with Gasteiger partial charge in [0.2, 0.25) is 10.0 Å². The Morgan fingerprint density at radius 2 is 2.26 bits per heavy atom. The van der Waals surface area contributed by atoms with Gasteiger partial charge in [-0.1, -0.05) is 6.42 Å². The number of hydrogen-bond donors (Lipinski definition) is 1. The first-order valence-electron chi connectivity index (χ1n) is 6.71. The van der Waals surface area contributed by atoms with Crippen molar-refractivity contribution < 1.29 is 8.42 Å². The molecule has 0 amide bonds. The van der Waals surface area contributed by atoms with Crippen LogP contribution in [-0.2, 0) is 16.6 Å². The zero-order valence-electron chi connectivity index (χ0n) is 11.5. The summed E-state index contributed by atoms with van der Waals surface area (Å²) in [6, 6.07) is 0.164. The second-order valence-corrected chi connectivity index (χ2v) is 7.00. The van der Waals surface area contributed by atoms with E-state index in [9.17, 15) is 8.42 Å². The molecule has 0 unspecified atom stereocenters. The number of sulfonamides is 1. The predicted molar refractivity (Wildman–Crippen MR) is 73.4 cm³/mol. The number of aromatic nitrogens is 2. The van der Waals surface area contributed by atoms with Crippen molar-refractivity contribution in [1.29, 1.82) is 0 Å². The van der Waals surface area contributed by atoms with Crippen LogP contribution >= 0.6 is 0 Å². The Hall–Kier alpha value is -0.920. The lowest BCUT2D eigenvalue weighted by Crippen LogP contribution is -2.41. The van der Waals surface area contributed by atoms with E-state index in [1.807, 2.05) is 7.05 Å². The molecule has 108 valence electrons. The van der Waals surface area contributed by atoms with Gasteiger partial charge in [0.25, 0.3) is 0 Å². The number of hydrogen-bond acceptors (Lipinski definition) is 4. The molecular formula is C12H22N4O2S. The molecule has 0 saturated heterocycles. The summed E-state index contributed by atoms with van der Waals surface area (Å²) >= 11 is 0. The zero-order chi connectivity index (χ0) is 13.9. The van der Waals surface area contributed by atoms with E-state index < -0.39 is 10.0 Å². The minimum absolute atomic E-state index is 0.164. The number of rotatable bonds is 7. The van der Waals surface area contributed by atoms with E-state index >= 15 is 0 Å². The molecule has 2 rings (SSSR count). The average molecular weight is 286 g/mol. The molecule has 1 aromatic rings. The van der Waals surface area contributed by atoms with Crippen LogP contribution < -0.4 is 5.32 Å². The van der Waals surface area contributed by atoms with Crippen molar-refractivity contribution in [3.8, 4) is 0 Å². The average Bonchev–Trinajstić information content (AvgIpc) is 2.76. The largest absolute Gasteiger partial charge is 0.320 e. The van der Waals surface area contributed by atoms with Gasteiger partial charge in [0.1, 0.15) is 4.90 Å². The molecule has 0 aromatic carbocycles. The summed E-state index contributed by atoms with van der Waals surface area (Å²) in [6.45, 7) is 1.62. The quantitative estimate of drug-likeness (QED) is 0.748. The summed E-state index contributed by atoms with van der Waals surface area (Å²) in [4.78, 5) is 0.298. The van der Waals surface area contributed by atoms with Crippen LogP contribution in [0.25, 0.3) is 0 Å². The molecule has 1 heterocycles. The standard InChI is InChI=1S/C12H22N4O2S/c1-13-7-4-8-16-10-12(9-14-16)19(17,18)15(2)11-5-3-6-11/h9-11,13H,3-8H2,1-2H3. The molecule has 7 heteroatoms. The van der Waals surface area contributed by atoms with Gasteiger partial charge in [-0.2, -0.15) is 9.40 Å². The first-order chi connectivity index (χ1) is 9.05. The first kappa shape index (κ1) is 14.5. The van der Waals surface area contributed by atoms with Gasteiger partial charge in [0.15, 0.2) is 0 Å². The molecule has 1 aromatic heterocycles. The summed E-state index contributed by atoms with van der Waals surface area (Å²) < 4.78 is 27.9. The van der Waals surface area contributed by atoms with Gasteiger partial charge < -0.3 is 5.32 Å². The highest BCUT2D eigenvalue weighted by Gasteiger charge is 2.32. The Morgan fingerprint density at radius 1 is 1.53 bits per heavy atom. The molecule has 1 saturated carbocycles. The van der Waals surface area contributed by atoms with Crippen LogP contribution in [0.3, 0.4) is 0 Å². The van der Waals surface area contributed by atoms with Crippen molar-refractivity contribution >= 4 is 10.0 Å². The monoisotopic (exact) mass is 286 g/mol. The minimum atomic E-state index is -3.37. The Balaban J connectivity index is 2.03. The highest BCUT2D eigenvalue weighted by Crippen LogP contribution is 2.28. The smallest absolute Gasteiger partial charge is 0.246 e. The molecule has 1 aliphatic carbocycles. The summed E-state index contributed by atoms with van der Waals surface area (Å²) in [5.41, 5.74) is 0. The van der Waals surface area contributed by atoms with E-state index in [1.165, 1.54) is 10.5 Å². The fourth-order valence-corrected chi connectivity index (χ4v) is 3.50. The van der Waals surface area contributed by atoms with E-state index in [1.54, 1.807) is 17.9 Å². The normalized spacial score (nSPS) is 16.8. The van der Waals surface area contributed by atoms with Crippen LogP contribution in [0.4, 0.5) is 0 Å². The molecule has 1 N–H and O–H groups in total. The van der Waals surface area contributed by atoms with Gasteiger partial charge in [-0.05, 0) is 32.9 Å². The van der Waals surface area contributed by atoms with Crippen molar-refractivity contribution in [3.63, 3.8) is 0 Å². The zero-order valence-corrected chi connectivity index (χ0v) is 12.4. The maximum Gasteiger partial charge on any atom is 0.246 e. The Labute approximate surface area is 114 Å². The van der Waals surface area contributed by atoms with Crippen molar-refractivity contribution in [2.75, 3.05) is 20.6 Å². The molecule has 6 nitrogen and oxygen atoms in total. The molecule has 19 heavy (non-hydrogen) atoms. The Morgan fingerprint density at radius 3 is 2.84 bits per heavy atom. The molecule has 0 atom stereocenters. The highest BCUT2D eigenvalue weighted by molar-refractivity contribution is 7.89. The number of aryl methyl sites for hydroxylation is 1. The fraction of sp³-hybridized carbons (Fsp3) is 0.750. The molecule has 0 radical (unpaired) electrons. The lowest BCUT2D eigenvalue weighted by molar-refractivity contribution is 0.249. The van der Waals surface area contributed by atoms with Gasteiger partial charge in [-0.3, -0.25) is 4.68 Å². The van der Waals surface area contributed by atoms with E-state index in [0.29, 0.717) is 4.90 Å². The Kier molecular flexibility index (Phi) is 4.59. The van der Waals surface area contributed by atoms with Crippen molar-refractivity contribution in [2.45, 2.75) is 43.2 Å². The van der Waals surface area contributed by atoms with Crippen LogP contribution in [0.1, 0.15) is 25.7 Å². The first-order valence-corrected chi connectivity index (χ1v) is 8.15. The van der Waals surface area contributed by atoms with E-state index in [4.69, 9.17) is 0 Å². The van der Waals surface area contributed by atoms with Crippen LogP contribution in [0.2, 0.25) is 0 Å². The van der Waals surface area contributed by atoms with Crippen molar-refractivity contribution in [2.24, 2.45) is 0 Å². The van der Waals surface area contributed by atoms with Crippen molar-refractivity contribution in [1.82, 2.24) is 19.4 Å². The van der Waals surface area contributed by atoms with Gasteiger partial charge in [-0.25, -0.2) is 8.42 Å². The fourth-order valence-electron chi connectivity index (χ4n) is 2.13. The van der Waals surface area contributed by atoms with Crippen LogP contribution in [0, 0.1) is 0 Å². The van der Waals surface area contributed by atoms with Gasteiger partial charge in [0.05, 0.1) is 6.20 Å². The topological polar surface area (TPSA) is 67.2 Å². The molecule has 0 spiro atoms. The summed E-state index contributed by atoms with van der Waals surface area (Å²) in [6.07, 6.45) is 7.05. The third-order valence-electron chi connectivity index (χ3n) is 3.69. The van der Waals surface area contributed by atoms with E-state index in [0.717, 1.165) is 38.8 Å². The third-order valence-corrected chi connectivity index (χ3v) is 5.55.